The van der Waals surface area contributed by atoms with Crippen LogP contribution in [0, 0.1) is 0 Å². The minimum absolute atomic E-state index is 0.226. The van der Waals surface area contributed by atoms with Gasteiger partial charge in [-0.25, -0.2) is 0 Å². The molecule has 1 aliphatic rings. The van der Waals surface area contributed by atoms with Gasteiger partial charge in [-0.05, 0) is 46.7 Å². The van der Waals surface area contributed by atoms with Crippen LogP contribution in [0.25, 0.3) is 0 Å². The molecule has 1 heterocycles. The van der Waals surface area contributed by atoms with E-state index in [-0.39, 0.29) is 5.54 Å². The van der Waals surface area contributed by atoms with Crippen molar-refractivity contribution in [1.82, 2.24) is 15.1 Å². The van der Waals surface area contributed by atoms with Gasteiger partial charge in [-0.3, -0.25) is 9.80 Å². The normalized spacial score (nSPS) is 22.6. The van der Waals surface area contributed by atoms with Crippen molar-refractivity contribution in [3.05, 3.63) is 0 Å². The lowest BCUT2D eigenvalue weighted by Crippen LogP contribution is -2.48. The van der Waals surface area contributed by atoms with E-state index < -0.39 is 0 Å². The Kier molecular flexibility index (Phi) is 7.49. The van der Waals surface area contributed by atoms with Crippen LogP contribution in [0.2, 0.25) is 0 Å². The van der Waals surface area contributed by atoms with Crippen molar-refractivity contribution < 1.29 is 0 Å². The van der Waals surface area contributed by atoms with Crippen LogP contribution >= 0.6 is 0 Å². The van der Waals surface area contributed by atoms with E-state index in [1.54, 1.807) is 0 Å². The third-order valence-corrected chi connectivity index (χ3v) is 4.53. The molecule has 0 amide bonds. The first-order valence-corrected chi connectivity index (χ1v) is 8.64. The highest BCUT2D eigenvalue weighted by atomic mass is 15.3. The number of nitrogens with zero attached hydrogens (tertiary/aromatic N) is 2. The number of likely N-dealkylation sites (tertiary alicyclic amines) is 1. The summed E-state index contributed by atoms with van der Waals surface area (Å²) in [4.78, 5) is 5.35. The van der Waals surface area contributed by atoms with Gasteiger partial charge < -0.3 is 5.32 Å². The molecule has 1 rings (SSSR count). The van der Waals surface area contributed by atoms with Crippen molar-refractivity contribution in [2.75, 3.05) is 32.7 Å². The Morgan fingerprint density at radius 2 is 1.85 bits per heavy atom. The van der Waals surface area contributed by atoms with Gasteiger partial charge in [0.2, 0.25) is 0 Å². The van der Waals surface area contributed by atoms with Crippen molar-refractivity contribution in [2.45, 2.75) is 78.4 Å². The zero-order valence-electron chi connectivity index (χ0n) is 14.7. The van der Waals surface area contributed by atoms with Crippen LogP contribution in [-0.4, -0.2) is 60.1 Å². The van der Waals surface area contributed by atoms with Gasteiger partial charge in [0.1, 0.15) is 0 Å². The van der Waals surface area contributed by atoms with Crippen molar-refractivity contribution in [3.63, 3.8) is 0 Å². The number of hydrogen-bond donors (Lipinski definition) is 1. The Hall–Kier alpha value is -0.120. The quantitative estimate of drug-likeness (QED) is 0.739. The highest BCUT2D eigenvalue weighted by Crippen LogP contribution is 2.20. The summed E-state index contributed by atoms with van der Waals surface area (Å²) in [5.41, 5.74) is 0.226. The molecule has 1 saturated heterocycles. The zero-order valence-corrected chi connectivity index (χ0v) is 14.7. The summed E-state index contributed by atoms with van der Waals surface area (Å²) in [5.74, 6) is 0. The van der Waals surface area contributed by atoms with Crippen molar-refractivity contribution in [1.29, 1.82) is 0 Å². The first kappa shape index (κ1) is 17.9. The molecule has 1 fully saturated rings. The van der Waals surface area contributed by atoms with Crippen LogP contribution in [0.3, 0.4) is 0 Å². The standard InChI is InChI=1S/C17H37N3/c1-7-10-15(13-18-17(4,5)6)20-12-11-16(14-20)19(8-2)9-3/h15-16,18H,7-14H2,1-6H3. The molecule has 0 bridgehead atoms. The average Bonchev–Trinajstić information content (AvgIpc) is 2.84. The van der Waals surface area contributed by atoms with Gasteiger partial charge in [0.05, 0.1) is 0 Å². The first-order valence-electron chi connectivity index (χ1n) is 8.64. The highest BCUT2D eigenvalue weighted by Gasteiger charge is 2.30. The van der Waals surface area contributed by atoms with Gasteiger partial charge in [-0.1, -0.05) is 27.2 Å². The molecule has 1 N–H and O–H groups in total. The van der Waals surface area contributed by atoms with E-state index in [9.17, 15) is 0 Å². The second kappa shape index (κ2) is 8.35. The summed E-state index contributed by atoms with van der Waals surface area (Å²) in [6.45, 7) is 19.7. The lowest BCUT2D eigenvalue weighted by molar-refractivity contribution is 0.173. The van der Waals surface area contributed by atoms with Crippen LogP contribution < -0.4 is 5.32 Å². The van der Waals surface area contributed by atoms with E-state index in [0.29, 0.717) is 6.04 Å². The summed E-state index contributed by atoms with van der Waals surface area (Å²) in [6.07, 6.45) is 3.94. The fraction of sp³-hybridized carbons (Fsp3) is 1.00. The molecule has 0 aromatic rings. The highest BCUT2D eigenvalue weighted by molar-refractivity contribution is 4.88. The SMILES string of the molecule is CCCC(CNC(C)(C)C)N1CCC(N(CC)CC)C1. The summed E-state index contributed by atoms with van der Waals surface area (Å²) in [6, 6.07) is 1.48. The van der Waals surface area contributed by atoms with E-state index in [1.165, 1.54) is 45.4 Å². The monoisotopic (exact) mass is 283 g/mol. The average molecular weight is 284 g/mol. The van der Waals surface area contributed by atoms with Crippen LogP contribution in [0.5, 0.6) is 0 Å². The van der Waals surface area contributed by atoms with E-state index in [2.05, 4.69) is 56.7 Å². The minimum atomic E-state index is 0.226. The van der Waals surface area contributed by atoms with Crippen molar-refractivity contribution in [2.24, 2.45) is 0 Å². The molecule has 0 saturated carbocycles. The van der Waals surface area contributed by atoms with E-state index >= 15 is 0 Å². The Labute approximate surface area is 127 Å². The molecule has 0 spiro atoms. The molecule has 0 aromatic heterocycles. The van der Waals surface area contributed by atoms with Crippen LogP contribution in [0.1, 0.15) is 60.8 Å². The first-order chi connectivity index (χ1) is 9.41. The Morgan fingerprint density at radius 1 is 1.20 bits per heavy atom. The zero-order chi connectivity index (χ0) is 15.2. The minimum Gasteiger partial charge on any atom is -0.311 e. The molecule has 1 aliphatic heterocycles. The summed E-state index contributed by atoms with van der Waals surface area (Å²) >= 11 is 0. The van der Waals surface area contributed by atoms with Gasteiger partial charge in [-0.2, -0.15) is 0 Å². The molecule has 3 nitrogen and oxygen atoms in total. The second-order valence-corrected chi connectivity index (χ2v) is 7.23. The van der Waals surface area contributed by atoms with Gasteiger partial charge in [-0.15, -0.1) is 0 Å². The molecule has 0 radical (unpaired) electrons. The van der Waals surface area contributed by atoms with E-state index in [4.69, 9.17) is 0 Å². The summed E-state index contributed by atoms with van der Waals surface area (Å²) in [5, 5.41) is 3.70. The lowest BCUT2D eigenvalue weighted by atomic mass is 10.1. The predicted octanol–water partition coefficient (Wildman–Crippen LogP) is 2.96. The smallest absolute Gasteiger partial charge is 0.0235 e. The molecular formula is C17H37N3. The molecule has 3 heteroatoms. The molecule has 0 aromatic carbocycles. The Morgan fingerprint density at radius 3 is 2.35 bits per heavy atom. The van der Waals surface area contributed by atoms with Gasteiger partial charge in [0, 0.05) is 37.3 Å². The fourth-order valence-electron chi connectivity index (χ4n) is 3.31. The maximum atomic E-state index is 3.70. The second-order valence-electron chi connectivity index (χ2n) is 7.23. The maximum Gasteiger partial charge on any atom is 0.0235 e. The van der Waals surface area contributed by atoms with Gasteiger partial charge >= 0.3 is 0 Å². The summed E-state index contributed by atoms with van der Waals surface area (Å²) in [7, 11) is 0. The van der Waals surface area contributed by atoms with Gasteiger partial charge in [0.25, 0.3) is 0 Å². The fourth-order valence-corrected chi connectivity index (χ4v) is 3.31. The predicted molar refractivity (Wildman–Crippen MR) is 89.4 cm³/mol. The molecule has 0 aliphatic carbocycles. The third kappa shape index (κ3) is 5.71. The Balaban J connectivity index is 2.52. The number of likely N-dealkylation sites (N-methyl/N-ethyl adjacent to an activating group) is 1. The van der Waals surface area contributed by atoms with Crippen molar-refractivity contribution >= 4 is 0 Å². The number of rotatable bonds is 8. The molecule has 2 atom stereocenters. The molecule has 120 valence electrons. The number of hydrogen-bond acceptors (Lipinski definition) is 3. The molecule has 20 heavy (non-hydrogen) atoms. The van der Waals surface area contributed by atoms with Crippen molar-refractivity contribution in [3.8, 4) is 0 Å². The number of nitrogens with one attached hydrogen (secondary N) is 1. The van der Waals surface area contributed by atoms with E-state index in [0.717, 1.165) is 12.6 Å². The lowest BCUT2D eigenvalue weighted by Gasteiger charge is -2.32. The summed E-state index contributed by atoms with van der Waals surface area (Å²) < 4.78 is 0. The largest absolute Gasteiger partial charge is 0.311 e. The third-order valence-electron chi connectivity index (χ3n) is 4.53. The van der Waals surface area contributed by atoms with Crippen LogP contribution in [-0.2, 0) is 0 Å². The van der Waals surface area contributed by atoms with E-state index in [1.807, 2.05) is 0 Å². The van der Waals surface area contributed by atoms with Crippen LogP contribution in [0.4, 0.5) is 0 Å². The van der Waals surface area contributed by atoms with Gasteiger partial charge in [0.15, 0.2) is 0 Å². The molecular weight excluding hydrogens is 246 g/mol. The molecule has 2 unspecified atom stereocenters. The topological polar surface area (TPSA) is 18.5 Å². The van der Waals surface area contributed by atoms with Crippen LogP contribution in [0.15, 0.2) is 0 Å². The Bertz CT molecular complexity index is 255. The maximum absolute atomic E-state index is 3.70.